The SMILES string of the molecule is O=C(c1ccc(Cl)cc1Cl)N1CCc2nc3ccccn3c2C1. The van der Waals surface area contributed by atoms with Crippen molar-refractivity contribution in [3.05, 3.63) is 69.6 Å². The molecule has 1 aromatic carbocycles. The number of imidazole rings is 1. The van der Waals surface area contributed by atoms with Crippen LogP contribution in [0.25, 0.3) is 5.65 Å². The van der Waals surface area contributed by atoms with Crippen LogP contribution in [0.4, 0.5) is 0 Å². The van der Waals surface area contributed by atoms with E-state index in [1.165, 1.54) is 0 Å². The lowest BCUT2D eigenvalue weighted by molar-refractivity contribution is 0.0731. The summed E-state index contributed by atoms with van der Waals surface area (Å²) in [6.45, 7) is 1.16. The van der Waals surface area contributed by atoms with E-state index in [0.29, 0.717) is 28.7 Å². The van der Waals surface area contributed by atoms with Gasteiger partial charge in [-0.15, -0.1) is 0 Å². The first-order valence-corrected chi connectivity index (χ1v) is 8.08. The molecule has 0 spiro atoms. The zero-order valence-corrected chi connectivity index (χ0v) is 13.7. The molecule has 0 saturated heterocycles. The predicted molar refractivity (Wildman–Crippen MR) is 90.1 cm³/mol. The van der Waals surface area contributed by atoms with Crippen LogP contribution in [0.1, 0.15) is 21.7 Å². The van der Waals surface area contributed by atoms with Crippen LogP contribution in [0.5, 0.6) is 0 Å². The Kier molecular flexibility index (Phi) is 3.51. The second-order valence-corrected chi connectivity index (χ2v) is 6.38. The van der Waals surface area contributed by atoms with E-state index in [1.54, 1.807) is 23.1 Å². The first-order valence-electron chi connectivity index (χ1n) is 7.32. The van der Waals surface area contributed by atoms with Crippen molar-refractivity contribution in [2.24, 2.45) is 0 Å². The van der Waals surface area contributed by atoms with Gasteiger partial charge in [-0.05, 0) is 30.3 Å². The summed E-state index contributed by atoms with van der Waals surface area (Å²) in [7, 11) is 0. The molecule has 3 aromatic rings. The molecule has 0 bridgehead atoms. The van der Waals surface area contributed by atoms with Gasteiger partial charge >= 0.3 is 0 Å². The number of halogens is 2. The fraction of sp³-hybridized carbons (Fsp3) is 0.176. The summed E-state index contributed by atoms with van der Waals surface area (Å²) >= 11 is 12.1. The fourth-order valence-corrected chi connectivity index (χ4v) is 3.46. The molecule has 0 unspecified atom stereocenters. The average Bonchev–Trinajstić information content (AvgIpc) is 2.92. The number of carbonyl (C=O) groups excluding carboxylic acids is 1. The zero-order valence-electron chi connectivity index (χ0n) is 12.2. The number of pyridine rings is 1. The minimum atomic E-state index is -0.0804. The second kappa shape index (κ2) is 5.55. The molecule has 4 nitrogen and oxygen atoms in total. The molecular formula is C17H13Cl2N3O. The second-order valence-electron chi connectivity index (χ2n) is 5.53. The highest BCUT2D eigenvalue weighted by atomic mass is 35.5. The number of fused-ring (bicyclic) bond motifs is 3. The Balaban J connectivity index is 1.68. The molecule has 0 radical (unpaired) electrons. The van der Waals surface area contributed by atoms with Gasteiger partial charge in [-0.3, -0.25) is 4.79 Å². The zero-order chi connectivity index (χ0) is 16.0. The molecule has 2 aromatic heterocycles. The van der Waals surface area contributed by atoms with E-state index in [-0.39, 0.29) is 5.91 Å². The third-order valence-corrected chi connectivity index (χ3v) is 4.67. The van der Waals surface area contributed by atoms with Crippen LogP contribution in [0.2, 0.25) is 10.0 Å². The van der Waals surface area contributed by atoms with Crippen molar-refractivity contribution in [1.82, 2.24) is 14.3 Å². The molecular weight excluding hydrogens is 333 g/mol. The van der Waals surface area contributed by atoms with Gasteiger partial charge < -0.3 is 9.30 Å². The monoisotopic (exact) mass is 345 g/mol. The van der Waals surface area contributed by atoms with Crippen molar-refractivity contribution in [2.75, 3.05) is 6.54 Å². The number of amides is 1. The van der Waals surface area contributed by atoms with E-state index >= 15 is 0 Å². The molecule has 0 saturated carbocycles. The van der Waals surface area contributed by atoms with Crippen LogP contribution in [-0.4, -0.2) is 26.7 Å². The maximum Gasteiger partial charge on any atom is 0.255 e. The molecule has 116 valence electrons. The molecule has 0 aliphatic carbocycles. The van der Waals surface area contributed by atoms with Crippen molar-refractivity contribution in [1.29, 1.82) is 0 Å². The van der Waals surface area contributed by atoms with Gasteiger partial charge in [-0.1, -0.05) is 29.3 Å². The van der Waals surface area contributed by atoms with Crippen LogP contribution < -0.4 is 0 Å². The van der Waals surface area contributed by atoms with Crippen LogP contribution >= 0.6 is 23.2 Å². The standard InChI is InChI=1S/C17H13Cl2N3O/c18-11-4-5-12(13(19)9-11)17(23)21-8-6-14-15(10-21)22-7-2-1-3-16(22)20-14/h1-5,7,9H,6,8,10H2. The highest BCUT2D eigenvalue weighted by molar-refractivity contribution is 6.36. The summed E-state index contributed by atoms with van der Waals surface area (Å²) in [5.74, 6) is -0.0804. The van der Waals surface area contributed by atoms with Gasteiger partial charge in [-0.2, -0.15) is 0 Å². The third kappa shape index (κ3) is 2.48. The first kappa shape index (κ1) is 14.5. The first-order chi connectivity index (χ1) is 11.1. The van der Waals surface area contributed by atoms with Crippen LogP contribution in [-0.2, 0) is 13.0 Å². The van der Waals surface area contributed by atoms with Crippen LogP contribution in [0, 0.1) is 0 Å². The predicted octanol–water partition coefficient (Wildman–Crippen LogP) is 3.84. The molecule has 1 aliphatic heterocycles. The number of aromatic nitrogens is 2. The summed E-state index contributed by atoms with van der Waals surface area (Å²) in [5.41, 5.74) is 3.51. The number of carbonyl (C=O) groups is 1. The number of hydrogen-bond donors (Lipinski definition) is 0. The Morgan fingerprint density at radius 2 is 2.04 bits per heavy atom. The fourth-order valence-electron chi connectivity index (χ4n) is 2.97. The lowest BCUT2D eigenvalue weighted by Gasteiger charge is -2.27. The number of nitrogens with zero attached hydrogens (tertiary/aromatic N) is 3. The van der Waals surface area contributed by atoms with Crippen molar-refractivity contribution >= 4 is 34.8 Å². The van der Waals surface area contributed by atoms with Gasteiger partial charge in [0, 0.05) is 24.2 Å². The van der Waals surface area contributed by atoms with Crippen LogP contribution in [0.3, 0.4) is 0 Å². The van der Waals surface area contributed by atoms with E-state index in [4.69, 9.17) is 23.2 Å². The van der Waals surface area contributed by atoms with Crippen molar-refractivity contribution in [2.45, 2.75) is 13.0 Å². The molecule has 0 fully saturated rings. The summed E-state index contributed by atoms with van der Waals surface area (Å²) in [4.78, 5) is 19.2. The molecule has 1 aliphatic rings. The molecule has 0 atom stereocenters. The van der Waals surface area contributed by atoms with Gasteiger partial charge in [0.15, 0.2) is 0 Å². The molecule has 1 amide bonds. The maximum absolute atomic E-state index is 12.8. The van der Waals surface area contributed by atoms with E-state index in [2.05, 4.69) is 4.98 Å². The van der Waals surface area contributed by atoms with E-state index in [9.17, 15) is 4.79 Å². The van der Waals surface area contributed by atoms with E-state index < -0.39 is 0 Å². The third-order valence-electron chi connectivity index (χ3n) is 4.12. The summed E-state index contributed by atoms with van der Waals surface area (Å²) in [5, 5.41) is 0.903. The summed E-state index contributed by atoms with van der Waals surface area (Å²) in [6.07, 6.45) is 2.72. The normalized spacial score (nSPS) is 14.1. The molecule has 6 heteroatoms. The lowest BCUT2D eigenvalue weighted by atomic mass is 10.1. The topological polar surface area (TPSA) is 37.6 Å². The Hall–Kier alpha value is -2.04. The van der Waals surface area contributed by atoms with E-state index in [0.717, 1.165) is 23.5 Å². The van der Waals surface area contributed by atoms with Crippen molar-refractivity contribution < 1.29 is 4.79 Å². The molecule has 0 N–H and O–H groups in total. The molecule has 23 heavy (non-hydrogen) atoms. The molecule has 4 rings (SSSR count). The smallest absolute Gasteiger partial charge is 0.255 e. The van der Waals surface area contributed by atoms with Gasteiger partial charge in [0.2, 0.25) is 0 Å². The highest BCUT2D eigenvalue weighted by Gasteiger charge is 2.26. The van der Waals surface area contributed by atoms with Gasteiger partial charge in [0.1, 0.15) is 5.65 Å². The highest BCUT2D eigenvalue weighted by Crippen LogP contribution is 2.26. The minimum Gasteiger partial charge on any atom is -0.332 e. The lowest BCUT2D eigenvalue weighted by Crippen LogP contribution is -2.36. The minimum absolute atomic E-state index is 0.0804. The van der Waals surface area contributed by atoms with E-state index in [1.807, 2.05) is 28.8 Å². The number of hydrogen-bond acceptors (Lipinski definition) is 2. The van der Waals surface area contributed by atoms with Gasteiger partial charge in [0.05, 0.1) is 28.5 Å². The number of benzene rings is 1. The van der Waals surface area contributed by atoms with Crippen molar-refractivity contribution in [3.63, 3.8) is 0 Å². The van der Waals surface area contributed by atoms with Gasteiger partial charge in [0.25, 0.3) is 5.91 Å². The quantitative estimate of drug-likeness (QED) is 0.671. The Bertz CT molecular complexity index is 919. The Morgan fingerprint density at radius 1 is 1.17 bits per heavy atom. The number of rotatable bonds is 1. The maximum atomic E-state index is 12.8. The summed E-state index contributed by atoms with van der Waals surface area (Å²) < 4.78 is 2.04. The van der Waals surface area contributed by atoms with Crippen molar-refractivity contribution in [3.8, 4) is 0 Å². The molecule has 3 heterocycles. The van der Waals surface area contributed by atoms with Crippen LogP contribution in [0.15, 0.2) is 42.6 Å². The average molecular weight is 346 g/mol. The van der Waals surface area contributed by atoms with Gasteiger partial charge in [-0.25, -0.2) is 4.98 Å². The Morgan fingerprint density at radius 3 is 2.87 bits per heavy atom. The Labute approximate surface area is 143 Å². The largest absolute Gasteiger partial charge is 0.332 e. The summed E-state index contributed by atoms with van der Waals surface area (Å²) in [6, 6.07) is 10.9.